The van der Waals surface area contributed by atoms with Crippen molar-refractivity contribution in [2.24, 2.45) is 0 Å². The summed E-state index contributed by atoms with van der Waals surface area (Å²) in [6, 6.07) is 7.96. The molecule has 1 amide bonds. The second-order valence-electron chi connectivity index (χ2n) is 7.68. The zero-order valence-corrected chi connectivity index (χ0v) is 18.3. The Bertz CT molecular complexity index is 956. The average Bonchev–Trinajstić information content (AvgIpc) is 2.71. The Morgan fingerprint density at radius 3 is 2.55 bits per heavy atom. The van der Waals surface area contributed by atoms with Gasteiger partial charge in [0.25, 0.3) is 5.91 Å². The minimum atomic E-state index is -0.473. The molecule has 166 valence electrons. The number of esters is 1. The van der Waals surface area contributed by atoms with Gasteiger partial charge in [-0.05, 0) is 57.5 Å². The van der Waals surface area contributed by atoms with Crippen LogP contribution in [0.5, 0.6) is 0 Å². The molecule has 0 aliphatic carbocycles. The van der Waals surface area contributed by atoms with Crippen LogP contribution < -0.4 is 10.2 Å². The summed E-state index contributed by atoms with van der Waals surface area (Å²) in [5, 5.41) is 2.74. The number of halogens is 1. The number of carbonyl (C=O) groups excluding carboxylic acids is 2. The molecule has 1 saturated heterocycles. The van der Waals surface area contributed by atoms with Crippen LogP contribution in [0.1, 0.15) is 52.9 Å². The highest BCUT2D eigenvalue weighted by atomic mass is 19.1. The molecule has 2 unspecified atom stereocenters. The molecule has 2 aromatic rings. The largest absolute Gasteiger partial charge is 0.462 e. The van der Waals surface area contributed by atoms with Crippen molar-refractivity contribution in [3.05, 3.63) is 58.7 Å². The topological polar surface area (TPSA) is 80.8 Å². The van der Waals surface area contributed by atoms with Gasteiger partial charge in [0.2, 0.25) is 0 Å². The van der Waals surface area contributed by atoms with E-state index in [1.54, 1.807) is 26.0 Å². The molecule has 0 spiro atoms. The lowest BCUT2D eigenvalue weighted by Crippen LogP contribution is -2.45. The number of benzene rings is 1. The second kappa shape index (κ2) is 9.87. The minimum absolute atomic E-state index is 0.0355. The van der Waals surface area contributed by atoms with Gasteiger partial charge < -0.3 is 19.7 Å². The van der Waals surface area contributed by atoms with E-state index in [4.69, 9.17) is 9.47 Å². The molecule has 0 radical (unpaired) electrons. The predicted octanol–water partition coefficient (Wildman–Crippen LogP) is 3.25. The number of nitrogens with one attached hydrogen (secondary N) is 1. The van der Waals surface area contributed by atoms with Gasteiger partial charge in [-0.15, -0.1) is 0 Å². The highest BCUT2D eigenvalue weighted by Crippen LogP contribution is 2.24. The van der Waals surface area contributed by atoms with Crippen molar-refractivity contribution in [2.75, 3.05) is 24.6 Å². The van der Waals surface area contributed by atoms with Crippen LogP contribution in [0.15, 0.2) is 30.3 Å². The molecule has 1 aliphatic heterocycles. The third-order valence-corrected chi connectivity index (χ3v) is 5.04. The Morgan fingerprint density at radius 1 is 1.23 bits per heavy atom. The van der Waals surface area contributed by atoms with Crippen LogP contribution in [0.25, 0.3) is 0 Å². The molecule has 2 atom stereocenters. The molecule has 1 fully saturated rings. The molecule has 7 nitrogen and oxygen atoms in total. The molecule has 31 heavy (non-hydrogen) atoms. The number of hydrogen-bond donors (Lipinski definition) is 1. The summed E-state index contributed by atoms with van der Waals surface area (Å²) in [5.74, 6) is -1.21. The number of rotatable bonds is 6. The fraction of sp³-hybridized carbons (Fsp3) is 0.435. The molecule has 0 saturated carbocycles. The molecule has 3 rings (SSSR count). The third-order valence-electron chi connectivity index (χ3n) is 5.04. The summed E-state index contributed by atoms with van der Waals surface area (Å²) in [6.07, 6.45) is 0.0709. The summed E-state index contributed by atoms with van der Waals surface area (Å²) in [5.41, 5.74) is 2.09. The van der Waals surface area contributed by atoms with Crippen molar-refractivity contribution in [1.29, 1.82) is 0 Å². The first-order valence-electron chi connectivity index (χ1n) is 10.4. The van der Waals surface area contributed by atoms with Gasteiger partial charge in [0.15, 0.2) is 0 Å². The van der Waals surface area contributed by atoms with Crippen LogP contribution in [0.2, 0.25) is 0 Å². The number of anilines is 1. The van der Waals surface area contributed by atoms with E-state index in [2.05, 4.69) is 10.3 Å². The van der Waals surface area contributed by atoms with Gasteiger partial charge in [-0.1, -0.05) is 6.07 Å². The average molecular weight is 429 g/mol. The van der Waals surface area contributed by atoms with Gasteiger partial charge in [0.1, 0.15) is 11.5 Å². The number of amides is 1. The Kier molecular flexibility index (Phi) is 7.22. The monoisotopic (exact) mass is 429 g/mol. The van der Waals surface area contributed by atoms with Gasteiger partial charge >= 0.3 is 5.97 Å². The molecule has 0 bridgehead atoms. The van der Waals surface area contributed by atoms with Gasteiger partial charge in [-0.25, -0.2) is 14.2 Å². The number of aromatic nitrogens is 1. The molecule has 1 N–H and O–H groups in total. The highest BCUT2D eigenvalue weighted by molar-refractivity contribution is 5.95. The van der Waals surface area contributed by atoms with Crippen LogP contribution >= 0.6 is 0 Å². The van der Waals surface area contributed by atoms with Gasteiger partial charge in [-0.3, -0.25) is 4.79 Å². The van der Waals surface area contributed by atoms with Crippen molar-refractivity contribution in [2.45, 2.75) is 46.4 Å². The van der Waals surface area contributed by atoms with E-state index in [1.165, 1.54) is 18.2 Å². The van der Waals surface area contributed by atoms with Gasteiger partial charge in [-0.2, -0.15) is 0 Å². The van der Waals surface area contributed by atoms with E-state index < -0.39 is 11.9 Å². The molecule has 8 heteroatoms. The first-order valence-corrected chi connectivity index (χ1v) is 10.4. The predicted molar refractivity (Wildman–Crippen MR) is 115 cm³/mol. The van der Waals surface area contributed by atoms with Crippen LogP contribution in [-0.2, 0) is 16.0 Å². The quantitative estimate of drug-likeness (QED) is 0.710. The maximum absolute atomic E-state index is 14.7. The van der Waals surface area contributed by atoms with Gasteiger partial charge in [0, 0.05) is 19.6 Å². The van der Waals surface area contributed by atoms with E-state index in [-0.39, 0.29) is 36.9 Å². The zero-order chi connectivity index (χ0) is 22.5. The number of aryl methyl sites for hydroxylation is 1. The number of nitrogens with zero attached hydrogens (tertiary/aromatic N) is 2. The Balaban J connectivity index is 1.63. The van der Waals surface area contributed by atoms with Crippen molar-refractivity contribution in [3.8, 4) is 0 Å². The lowest BCUT2D eigenvalue weighted by molar-refractivity contribution is -0.00540. The number of hydrogen-bond acceptors (Lipinski definition) is 6. The molecule has 1 aliphatic rings. The van der Waals surface area contributed by atoms with Crippen LogP contribution in [-0.4, -0.2) is 48.8 Å². The van der Waals surface area contributed by atoms with E-state index >= 15 is 0 Å². The number of morpholine rings is 1. The van der Waals surface area contributed by atoms with E-state index in [9.17, 15) is 14.0 Å². The van der Waals surface area contributed by atoms with Crippen LogP contribution in [0, 0.1) is 12.7 Å². The molecule has 2 heterocycles. The fourth-order valence-corrected chi connectivity index (χ4v) is 3.68. The number of carbonyl (C=O) groups is 2. The van der Waals surface area contributed by atoms with Crippen LogP contribution in [0.3, 0.4) is 0 Å². The summed E-state index contributed by atoms with van der Waals surface area (Å²) >= 11 is 0. The first-order chi connectivity index (χ1) is 14.8. The molecular weight excluding hydrogens is 401 g/mol. The van der Waals surface area contributed by atoms with Crippen molar-refractivity contribution in [1.82, 2.24) is 10.3 Å². The van der Waals surface area contributed by atoms with Crippen molar-refractivity contribution >= 4 is 17.6 Å². The Hall–Kier alpha value is -3.00. The van der Waals surface area contributed by atoms with Crippen molar-refractivity contribution in [3.63, 3.8) is 0 Å². The molecule has 1 aromatic heterocycles. The van der Waals surface area contributed by atoms with Gasteiger partial charge in [0.05, 0.1) is 35.8 Å². The summed E-state index contributed by atoms with van der Waals surface area (Å²) in [7, 11) is 0. The Labute approximate surface area is 181 Å². The first kappa shape index (κ1) is 22.7. The standard InChI is InChI=1S/C23H28FN3O4/c1-5-30-23(29)18-7-8-20(26-16(18)4)22(28)25-11-17-6-9-21(19(24)10-17)27-12-14(2)31-15(3)13-27/h6-10,14-15H,5,11-13H2,1-4H3,(H,25,28). The SMILES string of the molecule is CCOC(=O)c1ccc(C(=O)NCc2ccc(N3CC(C)OC(C)C3)c(F)c2)nc1C. The fourth-order valence-electron chi connectivity index (χ4n) is 3.68. The highest BCUT2D eigenvalue weighted by Gasteiger charge is 2.24. The van der Waals surface area contributed by atoms with Crippen LogP contribution in [0.4, 0.5) is 10.1 Å². The molecule has 1 aromatic carbocycles. The molecular formula is C23H28FN3O4. The zero-order valence-electron chi connectivity index (χ0n) is 18.3. The summed E-state index contributed by atoms with van der Waals surface area (Å²) < 4.78 is 25.4. The number of ether oxygens (including phenoxy) is 2. The summed E-state index contributed by atoms with van der Waals surface area (Å²) in [6.45, 7) is 8.99. The third kappa shape index (κ3) is 5.58. The van der Waals surface area contributed by atoms with E-state index in [1.807, 2.05) is 18.7 Å². The number of pyridine rings is 1. The Morgan fingerprint density at radius 2 is 1.94 bits per heavy atom. The van der Waals surface area contributed by atoms with E-state index in [0.717, 1.165) is 0 Å². The maximum Gasteiger partial charge on any atom is 0.339 e. The normalized spacial score (nSPS) is 18.5. The smallest absolute Gasteiger partial charge is 0.339 e. The maximum atomic E-state index is 14.7. The van der Waals surface area contributed by atoms with E-state index in [0.29, 0.717) is 35.6 Å². The minimum Gasteiger partial charge on any atom is -0.462 e. The lowest BCUT2D eigenvalue weighted by Gasteiger charge is -2.37. The summed E-state index contributed by atoms with van der Waals surface area (Å²) in [4.78, 5) is 30.5. The second-order valence-corrected chi connectivity index (χ2v) is 7.68. The lowest BCUT2D eigenvalue weighted by atomic mass is 10.1. The van der Waals surface area contributed by atoms with Crippen molar-refractivity contribution < 1.29 is 23.5 Å².